The molecule has 4 rings (SSSR count). The number of aliphatic hydroxyl groups excluding tert-OH is 3. The van der Waals surface area contributed by atoms with Crippen LogP contribution in [0.5, 0.6) is 0 Å². The highest BCUT2D eigenvalue weighted by Crippen LogP contribution is 2.33. The van der Waals surface area contributed by atoms with Gasteiger partial charge in [-0.2, -0.15) is 0 Å². The van der Waals surface area contributed by atoms with Gasteiger partial charge in [-0.1, -0.05) is 47.6 Å². The number of nitrogens with zero attached hydrogens (tertiary/aromatic N) is 2. The summed E-state index contributed by atoms with van der Waals surface area (Å²) in [4.78, 5) is 40.5. The van der Waals surface area contributed by atoms with E-state index in [1.165, 1.54) is 11.2 Å². The number of hydrogen-bond acceptors (Lipinski definition) is 8. The zero-order valence-electron chi connectivity index (χ0n) is 28.2. The summed E-state index contributed by atoms with van der Waals surface area (Å²) in [5.41, 5.74) is 5.09. The molecule has 12 heteroatoms. The van der Waals surface area contributed by atoms with E-state index in [4.69, 9.17) is 4.74 Å². The Morgan fingerprint density at radius 1 is 0.979 bits per heavy atom. The molecular weight excluding hydrogens is 632 g/mol. The third-order valence-corrected chi connectivity index (χ3v) is 9.43. The van der Waals surface area contributed by atoms with Crippen LogP contribution in [0.2, 0.25) is 0 Å². The molecule has 11 nitrogen and oxygen atoms in total. The Morgan fingerprint density at radius 2 is 1.69 bits per heavy atom. The number of hydrogen-bond donors (Lipinski definition) is 5. The van der Waals surface area contributed by atoms with E-state index >= 15 is 0 Å². The number of carbonyl (C=O) groups is 3. The maximum atomic E-state index is 12.3. The monoisotopic (exact) mass is 682 g/mol. The predicted octanol–water partition coefficient (Wildman–Crippen LogP) is 1.54. The van der Waals surface area contributed by atoms with Gasteiger partial charge in [0.2, 0.25) is 17.7 Å². The number of aryl methyl sites for hydroxylation is 2. The zero-order valence-corrected chi connectivity index (χ0v) is 29.0. The van der Waals surface area contributed by atoms with E-state index in [0.717, 1.165) is 60.2 Å². The van der Waals surface area contributed by atoms with Gasteiger partial charge in [0.25, 0.3) is 0 Å². The molecule has 0 spiro atoms. The average molecular weight is 683 g/mol. The quantitative estimate of drug-likeness (QED) is 0.201. The summed E-state index contributed by atoms with van der Waals surface area (Å²) >= 11 is 1.27. The summed E-state index contributed by atoms with van der Waals surface area (Å²) in [7, 11) is 1.86. The van der Waals surface area contributed by atoms with Crippen LogP contribution in [0.4, 0.5) is 0 Å². The lowest BCUT2D eigenvalue weighted by Gasteiger charge is -2.39. The Kier molecular flexibility index (Phi) is 14.4. The summed E-state index contributed by atoms with van der Waals surface area (Å²) in [6, 6.07) is 14.1. The molecule has 2 aliphatic heterocycles. The van der Waals surface area contributed by atoms with Gasteiger partial charge >= 0.3 is 0 Å². The lowest BCUT2D eigenvalue weighted by atomic mass is 9.89. The van der Waals surface area contributed by atoms with Gasteiger partial charge in [0, 0.05) is 38.9 Å². The van der Waals surface area contributed by atoms with Crippen LogP contribution in [0.1, 0.15) is 59.6 Å². The minimum atomic E-state index is -1.34. The molecule has 0 aromatic heterocycles. The molecule has 2 saturated heterocycles. The van der Waals surface area contributed by atoms with Gasteiger partial charge in [-0.3, -0.25) is 19.3 Å². The highest BCUT2D eigenvalue weighted by molar-refractivity contribution is 7.87. The van der Waals surface area contributed by atoms with E-state index in [0.29, 0.717) is 38.9 Å². The van der Waals surface area contributed by atoms with Crippen LogP contribution in [-0.4, -0.2) is 120 Å². The van der Waals surface area contributed by atoms with E-state index in [-0.39, 0.29) is 24.3 Å². The van der Waals surface area contributed by atoms with Gasteiger partial charge in [0.1, 0.15) is 30.5 Å². The molecule has 1 unspecified atom stereocenters. The summed E-state index contributed by atoms with van der Waals surface area (Å²) < 4.78 is 5.94. The molecular formula is C36H50N4O7S. The van der Waals surface area contributed by atoms with E-state index in [9.17, 15) is 29.7 Å². The Balaban J connectivity index is 1.16. The van der Waals surface area contributed by atoms with Crippen molar-refractivity contribution in [2.75, 3.05) is 52.6 Å². The van der Waals surface area contributed by atoms with Crippen molar-refractivity contribution in [1.29, 1.82) is 0 Å². The molecule has 5 atom stereocenters. The number of likely N-dealkylation sites (tertiary alicyclic amines) is 1. The first-order valence-electron chi connectivity index (χ1n) is 16.7. The first-order valence-corrected chi connectivity index (χ1v) is 17.9. The first kappa shape index (κ1) is 37.5. The second-order valence-corrected chi connectivity index (χ2v) is 13.4. The molecule has 2 aromatic carbocycles. The van der Waals surface area contributed by atoms with Crippen molar-refractivity contribution in [3.05, 3.63) is 70.3 Å². The van der Waals surface area contributed by atoms with Gasteiger partial charge in [-0.15, -0.1) is 11.2 Å². The lowest BCUT2D eigenvalue weighted by molar-refractivity contribution is -0.209. The van der Waals surface area contributed by atoms with Crippen LogP contribution in [0.25, 0.3) is 0 Å². The topological polar surface area (TPSA) is 152 Å². The fourth-order valence-corrected chi connectivity index (χ4v) is 6.44. The SMILES string of the molecule is CS#CC1O[C@@H](c2ccc(C)c(Cc3ccc(CCCC(=O)NCC(=O)NCCN(C)CC(=O)N4CCCC4)cc3)c2)[C@H](O)[C@@H](O)[C@@H]1O. The lowest BCUT2D eigenvalue weighted by Crippen LogP contribution is -2.53. The number of benzene rings is 2. The highest BCUT2D eigenvalue weighted by Gasteiger charge is 2.43. The Labute approximate surface area is 287 Å². The number of aliphatic hydroxyl groups is 3. The number of likely N-dealkylation sites (N-methyl/N-ethyl adjacent to an activating group) is 1. The Bertz CT molecular complexity index is 1450. The largest absolute Gasteiger partial charge is 0.387 e. The van der Waals surface area contributed by atoms with Crippen LogP contribution in [-0.2, 0) is 32.0 Å². The van der Waals surface area contributed by atoms with Gasteiger partial charge in [0.05, 0.1) is 13.1 Å². The fraction of sp³-hybridized carbons (Fsp3) is 0.556. The normalized spacial score (nSPS) is 22.3. The summed E-state index contributed by atoms with van der Waals surface area (Å²) in [6.45, 7) is 4.90. The number of nitrogens with one attached hydrogen (secondary N) is 2. The second kappa shape index (κ2) is 18.4. The molecule has 5 N–H and O–H groups in total. The maximum Gasteiger partial charge on any atom is 0.239 e. The Morgan fingerprint density at radius 3 is 2.40 bits per heavy atom. The molecule has 48 heavy (non-hydrogen) atoms. The van der Waals surface area contributed by atoms with E-state index in [1.807, 2.05) is 42.0 Å². The predicted molar refractivity (Wildman–Crippen MR) is 186 cm³/mol. The average Bonchev–Trinajstić information content (AvgIpc) is 3.62. The van der Waals surface area contributed by atoms with Crippen LogP contribution in [0.3, 0.4) is 0 Å². The second-order valence-electron chi connectivity index (χ2n) is 12.8. The highest BCUT2D eigenvalue weighted by atomic mass is 32.1. The van der Waals surface area contributed by atoms with E-state index < -0.39 is 30.5 Å². The van der Waals surface area contributed by atoms with Crippen molar-refractivity contribution in [2.24, 2.45) is 0 Å². The van der Waals surface area contributed by atoms with E-state index in [2.05, 4.69) is 40.1 Å². The maximum absolute atomic E-state index is 12.3. The third-order valence-electron chi connectivity index (χ3n) is 8.96. The van der Waals surface area contributed by atoms with Crippen molar-refractivity contribution >= 4 is 28.9 Å². The summed E-state index contributed by atoms with van der Waals surface area (Å²) in [6.07, 6.45) is 0.802. The summed E-state index contributed by atoms with van der Waals surface area (Å²) in [5, 5.41) is 39.7. The smallest absolute Gasteiger partial charge is 0.239 e. The molecule has 2 heterocycles. The van der Waals surface area contributed by atoms with Gasteiger partial charge in [-0.05, 0) is 73.9 Å². The number of rotatable bonds is 14. The van der Waals surface area contributed by atoms with Crippen molar-refractivity contribution in [1.82, 2.24) is 20.4 Å². The molecule has 2 aromatic rings. The summed E-state index contributed by atoms with van der Waals surface area (Å²) in [5.74, 6) is -0.304. The molecule has 2 aliphatic rings. The van der Waals surface area contributed by atoms with Crippen LogP contribution in [0, 0.1) is 12.1 Å². The van der Waals surface area contributed by atoms with Crippen molar-refractivity contribution in [2.45, 2.75) is 76.0 Å². The number of carbonyl (C=O) groups excluding carboxylic acids is 3. The zero-order chi connectivity index (χ0) is 34.6. The van der Waals surface area contributed by atoms with Gasteiger partial charge in [-0.25, -0.2) is 0 Å². The molecule has 3 amide bonds. The van der Waals surface area contributed by atoms with Crippen molar-refractivity contribution in [3.8, 4) is 5.18 Å². The standard InChI is InChI=1S/C36H50N4O7S/c1-24-9-14-27(36-35(46)34(45)33(44)29(47-36)23-48-3)20-28(24)19-26-12-10-25(11-13-26)7-6-8-30(41)38-21-31(42)37-15-18-39(2)22-32(43)40-16-4-5-17-40/h9-14,20,29,33-36,44-46H,4-8,15-19,21-22H2,1-3H3,(H,37,42)(H,38,41)/t29?,33-,34+,35-,36+/m1/s1. The van der Waals surface area contributed by atoms with Crippen LogP contribution in [0.15, 0.2) is 42.5 Å². The number of amides is 3. The minimum absolute atomic E-state index is 0.0752. The van der Waals surface area contributed by atoms with E-state index in [1.54, 1.807) is 6.26 Å². The van der Waals surface area contributed by atoms with Crippen LogP contribution < -0.4 is 10.6 Å². The van der Waals surface area contributed by atoms with Crippen molar-refractivity contribution in [3.63, 3.8) is 0 Å². The molecule has 0 saturated carbocycles. The Hall–Kier alpha value is -3.35. The molecule has 262 valence electrons. The molecule has 0 aliphatic carbocycles. The molecule has 0 bridgehead atoms. The first-order chi connectivity index (χ1) is 23.0. The minimum Gasteiger partial charge on any atom is -0.387 e. The van der Waals surface area contributed by atoms with Crippen molar-refractivity contribution < 1.29 is 34.4 Å². The van der Waals surface area contributed by atoms with Gasteiger partial charge in [0.15, 0.2) is 0 Å². The fourth-order valence-electron chi connectivity index (χ4n) is 6.02. The van der Waals surface area contributed by atoms with Crippen LogP contribution >= 0.6 is 11.2 Å². The third kappa shape index (κ3) is 10.8. The number of ether oxygens (including phenoxy) is 1. The molecule has 2 fully saturated rings. The van der Waals surface area contributed by atoms with Gasteiger partial charge < -0.3 is 35.6 Å². The molecule has 0 radical (unpaired) electrons.